The fourth-order valence-corrected chi connectivity index (χ4v) is 15.8. The summed E-state index contributed by atoms with van der Waals surface area (Å²) in [6, 6.07) is 3.27. The Morgan fingerprint density at radius 3 is 2.48 bits per heavy atom. The zero-order valence-corrected chi connectivity index (χ0v) is 36.9. The van der Waals surface area contributed by atoms with Gasteiger partial charge in [-0.3, -0.25) is 4.79 Å². The van der Waals surface area contributed by atoms with Gasteiger partial charge in [-0.05, 0) is 185 Å². The first-order valence-corrected chi connectivity index (χ1v) is 23.4. The van der Waals surface area contributed by atoms with Crippen LogP contribution in [0.1, 0.15) is 144 Å². The Morgan fingerprint density at radius 2 is 1.78 bits per heavy atom. The van der Waals surface area contributed by atoms with Crippen LogP contribution in [0, 0.1) is 63.2 Å². The molecule has 2 N–H and O–H groups in total. The number of rotatable bonds is 11. The van der Waals surface area contributed by atoms with Crippen LogP contribution < -0.4 is 10.1 Å². The van der Waals surface area contributed by atoms with Crippen LogP contribution in [0.25, 0.3) is 4.85 Å². The van der Waals surface area contributed by atoms with Gasteiger partial charge in [0.25, 0.3) is 0 Å². The molecule has 6 aliphatic carbocycles. The smallest absolute Gasteiger partial charge is 0.310 e. The molecule has 316 valence electrons. The lowest BCUT2D eigenvalue weighted by atomic mass is 9.33. The molecule has 1 aromatic rings. The van der Waals surface area contributed by atoms with Gasteiger partial charge in [-0.15, -0.1) is 0 Å². The van der Waals surface area contributed by atoms with E-state index in [4.69, 9.17) is 11.3 Å². The number of aromatic nitrogens is 1. The molecule has 4 saturated carbocycles. The molecule has 0 radical (unpaired) electrons. The van der Waals surface area contributed by atoms with Gasteiger partial charge in [0.2, 0.25) is 5.88 Å². The highest BCUT2D eigenvalue weighted by Crippen LogP contribution is 2.76. The monoisotopic (exact) mass is 791 g/mol. The predicted octanol–water partition coefficient (Wildman–Crippen LogP) is 11.6. The predicted molar refractivity (Wildman–Crippen MR) is 234 cm³/mol. The third-order valence-electron chi connectivity index (χ3n) is 19.1. The Morgan fingerprint density at radius 1 is 0.983 bits per heavy atom. The number of likely N-dealkylation sites (tertiary alicyclic amines) is 1. The minimum atomic E-state index is -0.849. The summed E-state index contributed by atoms with van der Waals surface area (Å²) in [4.78, 5) is 23.2. The van der Waals surface area contributed by atoms with Crippen molar-refractivity contribution in [3.63, 3.8) is 0 Å². The number of carboxylic acids is 1. The second kappa shape index (κ2) is 15.5. The van der Waals surface area contributed by atoms with Crippen molar-refractivity contribution < 1.29 is 14.6 Å². The molecule has 1 unspecified atom stereocenters. The first-order chi connectivity index (χ1) is 27.6. The number of carbonyl (C=O) groups is 1. The molecular weight excluding hydrogens is 717 g/mol. The van der Waals surface area contributed by atoms with Gasteiger partial charge < -0.3 is 20.1 Å². The fourth-order valence-electron chi connectivity index (χ4n) is 15.8. The number of allylic oxidation sites excluding steroid dienone is 5. The summed E-state index contributed by atoms with van der Waals surface area (Å²) >= 11 is 0. The molecule has 7 heteroatoms. The fraction of sp³-hybridized carbons (Fsp3) is 0.745. The zero-order valence-electron chi connectivity index (χ0n) is 36.9. The summed E-state index contributed by atoms with van der Waals surface area (Å²) in [6.07, 6.45) is 24.6. The number of carboxylic acid groups (broad SMARTS) is 1. The topological polar surface area (TPSA) is 79.0 Å². The lowest BCUT2D eigenvalue weighted by Crippen LogP contribution is -2.68. The summed E-state index contributed by atoms with van der Waals surface area (Å²) in [5, 5.41) is 14.9. The second-order valence-corrected chi connectivity index (χ2v) is 21.8. The van der Waals surface area contributed by atoms with Crippen molar-refractivity contribution in [2.24, 2.45) is 56.7 Å². The third kappa shape index (κ3) is 6.74. The molecule has 1 aromatic heterocycles. The largest absolute Gasteiger partial charge is 0.481 e. The van der Waals surface area contributed by atoms with E-state index in [1.165, 1.54) is 107 Å². The number of aliphatic carboxylic acids is 1. The van der Waals surface area contributed by atoms with Gasteiger partial charge in [0.1, 0.15) is 0 Å². The zero-order chi connectivity index (χ0) is 41.1. The highest BCUT2D eigenvalue weighted by atomic mass is 16.5. The molecule has 0 aromatic carbocycles. The minimum Gasteiger partial charge on any atom is -0.481 e. The molecule has 0 amide bonds. The SMILES string of the molecule is [C-]#[N+]c1ccnc(OCCC2(C(=O)O)CC=C(C3=CC[C@]4(C)[C@H]5CC[C@@H]6[C@H]7[C@H](C(=C)C)CC[C@]7(NCCN7CCCCC7)CC[C@@]6(C)[C@]5(C)CC[C@H]4C3(C)C)CC2)c1. The summed E-state index contributed by atoms with van der Waals surface area (Å²) in [5.74, 6) is 3.01. The molecule has 0 bridgehead atoms. The van der Waals surface area contributed by atoms with Crippen molar-refractivity contribution in [1.82, 2.24) is 15.2 Å². The van der Waals surface area contributed by atoms with Crippen molar-refractivity contribution in [1.29, 1.82) is 0 Å². The molecule has 1 saturated heterocycles. The maximum absolute atomic E-state index is 12.8. The van der Waals surface area contributed by atoms with E-state index in [-0.39, 0.29) is 23.0 Å². The normalized spacial score (nSPS) is 40.7. The Labute approximate surface area is 350 Å². The standard InChI is InChI=1S/C51H74N4O3/c1-35(2)38-16-24-51(54-29-32-55-30-10-9-11-31-55)26-25-48(6)40(44(38)51)12-13-42-47(5)20-17-39(46(3,4)41(47)18-21-49(42,48)7)36-14-22-50(23-15-36,45(56)57)27-33-58-43-34-37(52-8)19-28-53-43/h14,17,19,28,34,38,40-42,44,54H,1,9-13,15-16,18,20-27,29-33H2,2-7H3,(H,56,57)/t38-,40+,41-,42+,44+,47-,48+,49+,50?,51-/m0/s1. The molecule has 2 heterocycles. The van der Waals surface area contributed by atoms with Gasteiger partial charge in [0.15, 0.2) is 5.69 Å². The van der Waals surface area contributed by atoms with Gasteiger partial charge in [0, 0.05) is 30.9 Å². The minimum absolute atomic E-state index is 0.0281. The first kappa shape index (κ1) is 41.8. The molecule has 8 rings (SSSR count). The molecule has 7 nitrogen and oxygen atoms in total. The van der Waals surface area contributed by atoms with Crippen LogP contribution in [0.2, 0.25) is 0 Å². The van der Waals surface area contributed by atoms with Crippen LogP contribution in [-0.4, -0.2) is 59.3 Å². The van der Waals surface area contributed by atoms with Crippen molar-refractivity contribution in [3.05, 3.63) is 65.2 Å². The molecule has 0 spiro atoms. The van der Waals surface area contributed by atoms with Gasteiger partial charge in [-0.2, -0.15) is 0 Å². The lowest BCUT2D eigenvalue weighted by Gasteiger charge is -2.72. The third-order valence-corrected chi connectivity index (χ3v) is 19.1. The molecule has 7 aliphatic rings. The van der Waals surface area contributed by atoms with Crippen LogP contribution >= 0.6 is 0 Å². The Balaban J connectivity index is 0.995. The summed E-state index contributed by atoms with van der Waals surface area (Å²) in [5.41, 5.74) is 5.09. The number of ether oxygens (including phenoxy) is 1. The quantitative estimate of drug-likeness (QED) is 0.172. The van der Waals surface area contributed by atoms with Gasteiger partial charge in [0.05, 0.1) is 18.6 Å². The molecule has 1 aliphatic heterocycles. The van der Waals surface area contributed by atoms with Crippen LogP contribution in [0.5, 0.6) is 5.88 Å². The Bertz CT molecular complexity index is 1850. The van der Waals surface area contributed by atoms with Crippen molar-refractivity contribution in [3.8, 4) is 5.88 Å². The molecule has 5 fully saturated rings. The second-order valence-electron chi connectivity index (χ2n) is 21.8. The van der Waals surface area contributed by atoms with Crippen molar-refractivity contribution >= 4 is 11.7 Å². The van der Waals surface area contributed by atoms with Crippen LogP contribution in [0.4, 0.5) is 5.69 Å². The average Bonchev–Trinajstić information content (AvgIpc) is 3.59. The Hall–Kier alpha value is -2.95. The van der Waals surface area contributed by atoms with Gasteiger partial charge in [-0.25, -0.2) is 9.83 Å². The van der Waals surface area contributed by atoms with E-state index in [9.17, 15) is 9.90 Å². The molecule has 10 atom stereocenters. The number of nitrogens with zero attached hydrogens (tertiary/aromatic N) is 3. The lowest BCUT2D eigenvalue weighted by molar-refractivity contribution is -0.221. The van der Waals surface area contributed by atoms with E-state index >= 15 is 0 Å². The van der Waals surface area contributed by atoms with Crippen LogP contribution in [0.3, 0.4) is 0 Å². The van der Waals surface area contributed by atoms with Crippen molar-refractivity contribution in [2.45, 2.75) is 150 Å². The van der Waals surface area contributed by atoms with Gasteiger partial charge in [-0.1, -0.05) is 65.3 Å². The van der Waals surface area contributed by atoms with E-state index in [2.05, 4.69) is 80.3 Å². The average molecular weight is 791 g/mol. The highest BCUT2D eigenvalue weighted by Gasteiger charge is 2.70. The van der Waals surface area contributed by atoms with Crippen LogP contribution in [-0.2, 0) is 4.79 Å². The van der Waals surface area contributed by atoms with E-state index in [1.54, 1.807) is 18.3 Å². The van der Waals surface area contributed by atoms with Crippen molar-refractivity contribution in [2.75, 3.05) is 32.8 Å². The molecule has 58 heavy (non-hydrogen) atoms. The number of hydrogen-bond acceptors (Lipinski definition) is 5. The summed E-state index contributed by atoms with van der Waals surface area (Å²) in [6.45, 7) is 32.7. The van der Waals surface area contributed by atoms with Gasteiger partial charge >= 0.3 is 5.97 Å². The highest BCUT2D eigenvalue weighted by molar-refractivity contribution is 5.75. The summed E-state index contributed by atoms with van der Waals surface area (Å²) in [7, 11) is 0. The Kier molecular flexibility index (Phi) is 11.2. The number of piperidine rings is 1. The number of pyridine rings is 1. The maximum atomic E-state index is 12.8. The number of hydrogen-bond donors (Lipinski definition) is 2. The van der Waals surface area contributed by atoms with E-state index < -0.39 is 11.4 Å². The number of fused-ring (bicyclic) bond motifs is 7. The van der Waals surface area contributed by atoms with E-state index in [0.29, 0.717) is 65.3 Å². The maximum Gasteiger partial charge on any atom is 0.310 e. The molecular formula is C51H74N4O3. The first-order valence-electron chi connectivity index (χ1n) is 23.4. The van der Waals surface area contributed by atoms with E-state index in [1.807, 2.05) is 0 Å². The number of nitrogens with one attached hydrogen (secondary N) is 1. The van der Waals surface area contributed by atoms with Crippen LogP contribution in [0.15, 0.2) is 53.8 Å². The van der Waals surface area contributed by atoms with E-state index in [0.717, 1.165) is 25.3 Å². The summed E-state index contributed by atoms with van der Waals surface area (Å²) < 4.78 is 5.88.